The average molecular weight is 414 g/mol. The van der Waals surface area contributed by atoms with Crippen LogP contribution in [0, 0.1) is 0 Å². The van der Waals surface area contributed by atoms with Crippen molar-refractivity contribution in [2.24, 2.45) is 0 Å². The van der Waals surface area contributed by atoms with Crippen LogP contribution in [0.3, 0.4) is 0 Å². The van der Waals surface area contributed by atoms with Gasteiger partial charge >= 0.3 is 11.9 Å². The van der Waals surface area contributed by atoms with Crippen LogP contribution in [0.25, 0.3) is 0 Å². The van der Waals surface area contributed by atoms with Gasteiger partial charge in [0.05, 0.1) is 0 Å². The summed E-state index contributed by atoms with van der Waals surface area (Å²) in [5.41, 5.74) is 0. The van der Waals surface area contributed by atoms with Crippen molar-refractivity contribution in [3.05, 3.63) is 0 Å². The van der Waals surface area contributed by atoms with Crippen LogP contribution in [0.1, 0.15) is 117 Å². The zero-order valence-electron chi connectivity index (χ0n) is 19.3. The summed E-state index contributed by atoms with van der Waals surface area (Å²) in [6.45, 7) is 6.38. The van der Waals surface area contributed by atoms with E-state index in [1.54, 1.807) is 0 Å². The number of unbranched alkanes of at least 4 members (excludes halogenated alkanes) is 12. The standard InChI is InChI=1S/C24H47NO4/c1-3-5-7-9-11-13-15-17-23(26)28-21-19-25-20-22-29-24(27)18-16-14-12-10-8-6-4-2/h25H,3-22H2,1-2H3. The van der Waals surface area contributed by atoms with Crippen molar-refractivity contribution in [2.75, 3.05) is 26.3 Å². The van der Waals surface area contributed by atoms with Crippen LogP contribution < -0.4 is 5.32 Å². The third-order valence-electron chi connectivity index (χ3n) is 5.05. The van der Waals surface area contributed by atoms with E-state index in [0.29, 0.717) is 39.1 Å². The molecule has 0 amide bonds. The van der Waals surface area contributed by atoms with Crippen molar-refractivity contribution in [3.8, 4) is 0 Å². The van der Waals surface area contributed by atoms with E-state index < -0.39 is 0 Å². The van der Waals surface area contributed by atoms with E-state index in [1.807, 2.05) is 0 Å². The van der Waals surface area contributed by atoms with E-state index in [-0.39, 0.29) is 11.9 Å². The third-order valence-corrected chi connectivity index (χ3v) is 5.05. The van der Waals surface area contributed by atoms with Crippen molar-refractivity contribution in [1.29, 1.82) is 0 Å². The second-order valence-electron chi connectivity index (χ2n) is 7.93. The number of hydrogen-bond donors (Lipinski definition) is 1. The fourth-order valence-electron chi connectivity index (χ4n) is 3.20. The van der Waals surface area contributed by atoms with Crippen LogP contribution in [0.4, 0.5) is 0 Å². The topological polar surface area (TPSA) is 64.6 Å². The maximum absolute atomic E-state index is 11.6. The fourth-order valence-corrected chi connectivity index (χ4v) is 3.20. The molecule has 0 aliphatic rings. The Morgan fingerprint density at radius 1 is 0.552 bits per heavy atom. The predicted molar refractivity (Wildman–Crippen MR) is 120 cm³/mol. The molecule has 5 nitrogen and oxygen atoms in total. The Labute approximate surface area is 179 Å². The second kappa shape index (κ2) is 23.2. The van der Waals surface area contributed by atoms with Gasteiger partial charge in [-0.2, -0.15) is 0 Å². The van der Waals surface area contributed by atoms with Gasteiger partial charge < -0.3 is 14.8 Å². The number of ether oxygens (including phenoxy) is 2. The lowest BCUT2D eigenvalue weighted by Gasteiger charge is -2.08. The first-order valence-corrected chi connectivity index (χ1v) is 12.2. The van der Waals surface area contributed by atoms with Crippen molar-refractivity contribution in [2.45, 2.75) is 117 Å². The molecular formula is C24H47NO4. The summed E-state index contributed by atoms with van der Waals surface area (Å²) in [6.07, 6.45) is 17.9. The van der Waals surface area contributed by atoms with E-state index in [4.69, 9.17) is 9.47 Å². The monoisotopic (exact) mass is 413 g/mol. The van der Waals surface area contributed by atoms with E-state index in [9.17, 15) is 9.59 Å². The zero-order chi connectivity index (χ0) is 21.4. The molecule has 0 saturated carbocycles. The number of rotatable bonds is 22. The normalized spacial score (nSPS) is 10.8. The second-order valence-corrected chi connectivity index (χ2v) is 7.93. The molecule has 0 fully saturated rings. The van der Waals surface area contributed by atoms with Crippen LogP contribution >= 0.6 is 0 Å². The van der Waals surface area contributed by atoms with Crippen molar-refractivity contribution in [1.82, 2.24) is 5.32 Å². The maximum Gasteiger partial charge on any atom is 0.305 e. The number of carbonyl (C=O) groups is 2. The molecule has 0 aromatic rings. The Morgan fingerprint density at radius 3 is 1.28 bits per heavy atom. The molecule has 0 aliphatic carbocycles. The van der Waals surface area contributed by atoms with E-state index in [1.165, 1.54) is 64.2 Å². The highest BCUT2D eigenvalue weighted by Crippen LogP contribution is 2.09. The SMILES string of the molecule is CCCCCCCCCC(=O)OCCNCCOC(=O)CCCCCCCCC. The molecule has 0 rings (SSSR count). The van der Waals surface area contributed by atoms with Gasteiger partial charge in [0.1, 0.15) is 13.2 Å². The summed E-state index contributed by atoms with van der Waals surface area (Å²) in [6, 6.07) is 0. The van der Waals surface area contributed by atoms with Gasteiger partial charge in [-0.05, 0) is 12.8 Å². The van der Waals surface area contributed by atoms with Gasteiger partial charge in [0, 0.05) is 25.9 Å². The first kappa shape index (κ1) is 27.9. The number of nitrogens with one attached hydrogen (secondary N) is 1. The van der Waals surface area contributed by atoms with Gasteiger partial charge in [0.2, 0.25) is 0 Å². The first-order chi connectivity index (χ1) is 14.2. The lowest BCUT2D eigenvalue weighted by molar-refractivity contribution is -0.143. The third kappa shape index (κ3) is 23.0. The van der Waals surface area contributed by atoms with E-state index in [0.717, 1.165) is 25.7 Å². The fraction of sp³-hybridized carbons (Fsp3) is 0.917. The van der Waals surface area contributed by atoms with Gasteiger partial charge in [-0.15, -0.1) is 0 Å². The predicted octanol–water partition coefficient (Wildman–Crippen LogP) is 5.94. The minimum atomic E-state index is -0.110. The molecule has 0 heterocycles. The largest absolute Gasteiger partial charge is 0.464 e. The summed E-state index contributed by atoms with van der Waals surface area (Å²) in [5, 5.41) is 3.13. The van der Waals surface area contributed by atoms with E-state index in [2.05, 4.69) is 19.2 Å². The molecule has 0 aliphatic heterocycles. The van der Waals surface area contributed by atoms with Crippen molar-refractivity contribution >= 4 is 11.9 Å². The van der Waals surface area contributed by atoms with Crippen LogP contribution in [-0.2, 0) is 19.1 Å². The Morgan fingerprint density at radius 2 is 0.897 bits per heavy atom. The highest BCUT2D eigenvalue weighted by molar-refractivity contribution is 5.69. The smallest absolute Gasteiger partial charge is 0.305 e. The number of esters is 2. The molecule has 0 radical (unpaired) electrons. The Hall–Kier alpha value is -1.10. The molecule has 0 atom stereocenters. The molecule has 29 heavy (non-hydrogen) atoms. The highest BCUT2D eigenvalue weighted by atomic mass is 16.5. The Kier molecular flexibility index (Phi) is 22.3. The minimum Gasteiger partial charge on any atom is -0.464 e. The van der Waals surface area contributed by atoms with Gasteiger partial charge in [-0.25, -0.2) is 0 Å². The zero-order valence-corrected chi connectivity index (χ0v) is 19.3. The van der Waals surface area contributed by atoms with Crippen LogP contribution in [-0.4, -0.2) is 38.2 Å². The number of hydrogen-bond acceptors (Lipinski definition) is 5. The van der Waals surface area contributed by atoms with Gasteiger partial charge in [-0.3, -0.25) is 9.59 Å². The Bertz CT molecular complexity index is 340. The number of carbonyl (C=O) groups excluding carboxylic acids is 2. The summed E-state index contributed by atoms with van der Waals surface area (Å²) in [5.74, 6) is -0.219. The minimum absolute atomic E-state index is 0.110. The highest BCUT2D eigenvalue weighted by Gasteiger charge is 2.04. The molecular weight excluding hydrogens is 366 g/mol. The van der Waals surface area contributed by atoms with Gasteiger partial charge in [-0.1, -0.05) is 90.9 Å². The molecule has 172 valence electrons. The average Bonchev–Trinajstić information content (AvgIpc) is 2.71. The summed E-state index contributed by atoms with van der Waals surface area (Å²) in [7, 11) is 0. The summed E-state index contributed by atoms with van der Waals surface area (Å²) in [4.78, 5) is 23.3. The molecule has 1 N–H and O–H groups in total. The molecule has 0 spiro atoms. The Balaban J connectivity index is 3.27. The van der Waals surface area contributed by atoms with Crippen LogP contribution in [0.15, 0.2) is 0 Å². The van der Waals surface area contributed by atoms with Crippen LogP contribution in [0.2, 0.25) is 0 Å². The van der Waals surface area contributed by atoms with Crippen LogP contribution in [0.5, 0.6) is 0 Å². The molecule has 0 aromatic carbocycles. The van der Waals surface area contributed by atoms with Crippen molar-refractivity contribution in [3.63, 3.8) is 0 Å². The lowest BCUT2D eigenvalue weighted by Crippen LogP contribution is -2.26. The summed E-state index contributed by atoms with van der Waals surface area (Å²) >= 11 is 0. The lowest BCUT2D eigenvalue weighted by atomic mass is 10.1. The molecule has 5 heteroatoms. The summed E-state index contributed by atoms with van der Waals surface area (Å²) < 4.78 is 10.4. The molecule has 0 unspecified atom stereocenters. The van der Waals surface area contributed by atoms with Gasteiger partial charge in [0.25, 0.3) is 0 Å². The first-order valence-electron chi connectivity index (χ1n) is 12.2. The van der Waals surface area contributed by atoms with E-state index >= 15 is 0 Å². The molecule has 0 aromatic heterocycles. The van der Waals surface area contributed by atoms with Crippen molar-refractivity contribution < 1.29 is 19.1 Å². The maximum atomic E-state index is 11.6. The molecule has 0 saturated heterocycles. The molecule has 0 bridgehead atoms. The van der Waals surface area contributed by atoms with Gasteiger partial charge in [0.15, 0.2) is 0 Å². The quantitative estimate of drug-likeness (QED) is 0.176.